The lowest BCUT2D eigenvalue weighted by molar-refractivity contribution is 1.05. The van der Waals surface area contributed by atoms with E-state index in [9.17, 15) is 0 Å². The van der Waals surface area contributed by atoms with Crippen molar-refractivity contribution in [2.75, 3.05) is 19.6 Å². The average molecular weight is 972 g/mol. The number of terminal acetylenes is 1. The van der Waals surface area contributed by atoms with Gasteiger partial charge in [-0.25, -0.2) is 0 Å². The lowest BCUT2D eigenvalue weighted by Crippen LogP contribution is -2.20. The number of hydrogen-bond acceptors (Lipinski definition) is 5. The standard InChI is InChI=1S/C37H31N3.C33H30N2/c1-2-7-17-32(16-6-1)39(33-18-8-3-9-19-33)36-24-25-37(28-31(27-36)30-15-14-26-38-29-30)40(34-20-10-4-11-21-34)35-22-12-5-13-23-35;1-4-16-28(17-5-2)34(29-20-12-8-13-21-29)32-24-27(3)25-33(26-32)35(31-22-14-9-15-23-31)30-18-10-6-7-11-19-30/h1-6,8-24,26-29H,7,25H2;1,5-6,8-26H,7H2,2-3H3/b;17-5-,28-16+. The maximum Gasteiger partial charge on any atom is 0.0541 e. The Balaban J connectivity index is 0.000000186. The third-order valence-corrected chi connectivity index (χ3v) is 12.6. The highest BCUT2D eigenvalue weighted by Crippen LogP contribution is 2.40. The van der Waals surface area contributed by atoms with Gasteiger partial charge in [-0.1, -0.05) is 158 Å². The molecule has 0 atom stereocenters. The van der Waals surface area contributed by atoms with E-state index in [0.717, 1.165) is 98.6 Å². The Bertz CT molecular complexity index is 3360. The molecule has 5 nitrogen and oxygen atoms in total. The van der Waals surface area contributed by atoms with Crippen molar-refractivity contribution in [3.63, 3.8) is 0 Å². The molecule has 75 heavy (non-hydrogen) atoms. The summed E-state index contributed by atoms with van der Waals surface area (Å²) in [5.41, 5.74) is 16.5. The summed E-state index contributed by atoms with van der Waals surface area (Å²) in [4.78, 5) is 13.7. The zero-order chi connectivity index (χ0) is 51.4. The second-order valence-electron chi connectivity index (χ2n) is 17.9. The summed E-state index contributed by atoms with van der Waals surface area (Å²) in [7, 11) is 0. The van der Waals surface area contributed by atoms with Crippen LogP contribution in [-0.4, -0.2) is 4.98 Å². The van der Waals surface area contributed by atoms with Crippen molar-refractivity contribution in [3.05, 3.63) is 331 Å². The van der Waals surface area contributed by atoms with Crippen molar-refractivity contribution in [2.45, 2.75) is 33.1 Å². The number of benzene rings is 6. The van der Waals surface area contributed by atoms with Crippen molar-refractivity contribution in [1.82, 2.24) is 4.98 Å². The summed E-state index contributed by atoms with van der Waals surface area (Å²) in [5, 5.41) is 0. The van der Waals surface area contributed by atoms with E-state index in [1.165, 1.54) is 5.70 Å². The molecular weight excluding hydrogens is 911 g/mol. The van der Waals surface area contributed by atoms with Crippen LogP contribution in [0.5, 0.6) is 0 Å². The fourth-order valence-corrected chi connectivity index (χ4v) is 9.32. The molecule has 0 aliphatic heterocycles. The Morgan fingerprint density at radius 1 is 0.533 bits per heavy atom. The van der Waals surface area contributed by atoms with Crippen molar-refractivity contribution in [1.29, 1.82) is 0 Å². The molecule has 0 amide bonds. The van der Waals surface area contributed by atoms with E-state index in [2.05, 4.69) is 268 Å². The van der Waals surface area contributed by atoms with Gasteiger partial charge in [-0.2, -0.15) is 0 Å². The summed E-state index contributed by atoms with van der Waals surface area (Å²) < 4.78 is 0. The molecule has 0 fully saturated rings. The van der Waals surface area contributed by atoms with Crippen LogP contribution in [0.2, 0.25) is 0 Å². The van der Waals surface area contributed by atoms with Crippen LogP contribution in [0.25, 0.3) is 5.57 Å². The number of nitrogens with zero attached hydrogens (tertiary/aromatic N) is 5. The highest BCUT2D eigenvalue weighted by Gasteiger charge is 2.22. The molecule has 0 N–H and O–H groups in total. The van der Waals surface area contributed by atoms with Gasteiger partial charge in [0.15, 0.2) is 0 Å². The number of allylic oxidation sites excluding steroid dienone is 17. The Morgan fingerprint density at radius 2 is 1.13 bits per heavy atom. The zero-order valence-electron chi connectivity index (χ0n) is 42.6. The summed E-state index contributed by atoms with van der Waals surface area (Å²) in [5.74, 6) is 2.72. The molecular formula is C70H61N5. The van der Waals surface area contributed by atoms with Gasteiger partial charge in [0.05, 0.1) is 5.70 Å². The van der Waals surface area contributed by atoms with E-state index in [-0.39, 0.29) is 0 Å². The van der Waals surface area contributed by atoms with Crippen LogP contribution in [0.3, 0.4) is 0 Å². The quantitative estimate of drug-likeness (QED) is 0.0799. The summed E-state index contributed by atoms with van der Waals surface area (Å²) >= 11 is 0. The minimum absolute atomic E-state index is 0.748. The van der Waals surface area contributed by atoms with Crippen molar-refractivity contribution >= 4 is 45.4 Å². The fourth-order valence-electron chi connectivity index (χ4n) is 9.32. The number of rotatable bonds is 14. The van der Waals surface area contributed by atoms with Crippen LogP contribution in [-0.2, 0) is 0 Å². The maximum atomic E-state index is 5.73. The Labute approximate surface area is 444 Å². The van der Waals surface area contributed by atoms with E-state index in [1.807, 2.05) is 67.9 Å². The first-order valence-corrected chi connectivity index (χ1v) is 25.5. The van der Waals surface area contributed by atoms with Gasteiger partial charge in [-0.3, -0.25) is 4.98 Å². The van der Waals surface area contributed by atoms with Gasteiger partial charge < -0.3 is 19.6 Å². The number of hydrogen-bond donors (Lipinski definition) is 0. The Kier molecular flexibility index (Phi) is 17.2. The van der Waals surface area contributed by atoms with Crippen LogP contribution < -0.4 is 19.6 Å². The molecule has 1 aromatic heterocycles. The van der Waals surface area contributed by atoms with Crippen molar-refractivity contribution in [2.24, 2.45) is 0 Å². The maximum absolute atomic E-state index is 5.73. The molecule has 0 unspecified atom stereocenters. The molecule has 0 radical (unpaired) electrons. The van der Waals surface area contributed by atoms with Gasteiger partial charge in [0.2, 0.25) is 0 Å². The molecule has 6 aromatic carbocycles. The van der Waals surface area contributed by atoms with E-state index < -0.39 is 0 Å². The van der Waals surface area contributed by atoms with E-state index >= 15 is 0 Å². The molecule has 3 aliphatic rings. The molecule has 0 saturated carbocycles. The molecule has 0 saturated heterocycles. The van der Waals surface area contributed by atoms with E-state index in [1.54, 1.807) is 0 Å². The van der Waals surface area contributed by atoms with Crippen LogP contribution in [0, 0.1) is 19.3 Å². The molecule has 366 valence electrons. The minimum Gasteiger partial charge on any atom is -0.314 e. The number of pyridine rings is 1. The number of aryl methyl sites for hydroxylation is 1. The normalized spacial score (nSPS) is 14.0. The van der Waals surface area contributed by atoms with Crippen LogP contribution in [0.4, 0.5) is 39.8 Å². The van der Waals surface area contributed by atoms with Gasteiger partial charge in [0.1, 0.15) is 0 Å². The van der Waals surface area contributed by atoms with Gasteiger partial charge in [-0.15, -0.1) is 6.42 Å². The Hall–Kier alpha value is -9.63. The highest BCUT2D eigenvalue weighted by molar-refractivity contribution is 5.83. The molecule has 7 aromatic rings. The van der Waals surface area contributed by atoms with Gasteiger partial charge in [0.25, 0.3) is 0 Å². The number of aromatic nitrogens is 1. The van der Waals surface area contributed by atoms with Gasteiger partial charge >= 0.3 is 0 Å². The first-order valence-electron chi connectivity index (χ1n) is 25.5. The van der Waals surface area contributed by atoms with Crippen molar-refractivity contribution in [3.8, 4) is 12.3 Å². The molecule has 10 rings (SSSR count). The number of anilines is 7. The lowest BCUT2D eigenvalue weighted by Gasteiger charge is -2.30. The largest absolute Gasteiger partial charge is 0.314 e. The number of para-hydroxylation sites is 5. The summed E-state index contributed by atoms with van der Waals surface area (Å²) in [6.45, 7) is 4.14. The van der Waals surface area contributed by atoms with Crippen LogP contribution >= 0.6 is 0 Å². The SMILES string of the molecule is C#C/C=C(\C=C/C)N(c1ccccc1)c1cc(C)cc(N(C2=CC=CCC=C2)c2ccccc2)c1.C1=CCC=C(N(C2=CCC(N(c3ccccc3)c3ccccc3)=CC(c3cccnc3)=C2)c2ccccc2)C=C1. The topological polar surface area (TPSA) is 25.9 Å². The third kappa shape index (κ3) is 12.9. The molecule has 5 heteroatoms. The molecule has 1 heterocycles. The first kappa shape index (κ1) is 50.3. The Morgan fingerprint density at radius 3 is 1.75 bits per heavy atom. The first-order chi connectivity index (χ1) is 37.1. The third-order valence-electron chi connectivity index (χ3n) is 12.6. The lowest BCUT2D eigenvalue weighted by atomic mass is 10.0. The van der Waals surface area contributed by atoms with E-state index in [4.69, 9.17) is 6.42 Å². The minimum atomic E-state index is 0.748. The molecule has 3 aliphatic carbocycles. The second kappa shape index (κ2) is 25.7. The van der Waals surface area contributed by atoms with Crippen LogP contribution in [0.15, 0.2) is 320 Å². The molecule has 0 spiro atoms. The second-order valence-corrected chi connectivity index (χ2v) is 17.9. The predicted molar refractivity (Wildman–Crippen MR) is 319 cm³/mol. The van der Waals surface area contributed by atoms with Crippen LogP contribution in [0.1, 0.15) is 37.3 Å². The summed E-state index contributed by atoms with van der Waals surface area (Å²) in [6, 6.07) is 63.4. The fraction of sp³-hybridized carbons (Fsp3) is 0.0714. The predicted octanol–water partition coefficient (Wildman–Crippen LogP) is 18.1. The summed E-state index contributed by atoms with van der Waals surface area (Å²) in [6.07, 6.45) is 46.6. The molecule has 0 bridgehead atoms. The smallest absolute Gasteiger partial charge is 0.0541 e. The van der Waals surface area contributed by atoms with Gasteiger partial charge in [0, 0.05) is 93.1 Å². The zero-order valence-corrected chi connectivity index (χ0v) is 42.6. The highest BCUT2D eigenvalue weighted by atomic mass is 15.2. The average Bonchev–Trinajstić information content (AvgIpc) is 3.99. The monoisotopic (exact) mass is 971 g/mol. The van der Waals surface area contributed by atoms with E-state index in [0.29, 0.717) is 0 Å². The van der Waals surface area contributed by atoms with Crippen molar-refractivity contribution < 1.29 is 0 Å². The van der Waals surface area contributed by atoms with Gasteiger partial charge in [-0.05, 0) is 159 Å².